The van der Waals surface area contributed by atoms with E-state index < -0.39 is 36.3 Å². The van der Waals surface area contributed by atoms with Crippen molar-refractivity contribution < 1.29 is 22.4 Å². The van der Waals surface area contributed by atoms with Gasteiger partial charge >= 0.3 is 6.18 Å². The zero-order valence-electron chi connectivity index (χ0n) is 20.9. The number of pyridine rings is 1. The molecule has 0 spiro atoms. The molecule has 0 aromatic carbocycles. The fourth-order valence-corrected chi connectivity index (χ4v) is 5.45. The van der Waals surface area contributed by atoms with Gasteiger partial charge in [0.2, 0.25) is 5.91 Å². The van der Waals surface area contributed by atoms with E-state index in [4.69, 9.17) is 10.7 Å². The predicted molar refractivity (Wildman–Crippen MR) is 134 cm³/mol. The number of rotatable bonds is 5. The zero-order valence-corrected chi connectivity index (χ0v) is 21.8. The summed E-state index contributed by atoms with van der Waals surface area (Å²) in [6.07, 6.45) is -3.98. The van der Waals surface area contributed by atoms with Gasteiger partial charge in [0, 0.05) is 5.38 Å². The van der Waals surface area contributed by atoms with Crippen LogP contribution in [0.2, 0.25) is 0 Å². The largest absolute Gasteiger partial charge is 0.390 e. The number of thiazole rings is 1. The molecule has 1 aliphatic heterocycles. The quantitative estimate of drug-likeness (QED) is 0.341. The summed E-state index contributed by atoms with van der Waals surface area (Å²) in [6, 6.07) is 1.09. The highest BCUT2D eigenvalue weighted by atomic mass is 32.1. The van der Waals surface area contributed by atoms with Crippen molar-refractivity contribution in [3.05, 3.63) is 39.7 Å². The third-order valence-electron chi connectivity index (χ3n) is 6.19. The highest BCUT2D eigenvalue weighted by Gasteiger charge is 2.50. The maximum atomic E-state index is 14.1. The minimum Gasteiger partial charge on any atom is -0.383 e. The number of nitrogens with one attached hydrogen (secondary N) is 1. The number of nitrogens with two attached hydrogens (primary N) is 1. The first-order chi connectivity index (χ1) is 17.7. The molecule has 0 fully saturated rings. The van der Waals surface area contributed by atoms with Gasteiger partial charge < -0.3 is 11.1 Å². The van der Waals surface area contributed by atoms with E-state index in [9.17, 15) is 22.4 Å². The molecule has 200 valence electrons. The number of alkyl halides is 3. The van der Waals surface area contributed by atoms with Gasteiger partial charge in [0.15, 0.2) is 11.5 Å². The molecule has 5 rings (SSSR count). The van der Waals surface area contributed by atoms with Gasteiger partial charge in [-0.25, -0.2) is 29.0 Å². The minimum absolute atomic E-state index is 0.000257. The molecule has 38 heavy (non-hydrogen) atoms. The van der Waals surface area contributed by atoms with E-state index in [0.717, 1.165) is 22.6 Å². The number of hydrogen-bond acceptors (Lipinski definition) is 8. The van der Waals surface area contributed by atoms with Gasteiger partial charge in [0.05, 0.1) is 35.8 Å². The number of amides is 1. The van der Waals surface area contributed by atoms with Crippen LogP contribution >= 0.6 is 11.3 Å². The third kappa shape index (κ3) is 4.57. The van der Waals surface area contributed by atoms with Gasteiger partial charge in [-0.15, -0.1) is 11.3 Å². The van der Waals surface area contributed by atoms with Crippen LogP contribution in [0.3, 0.4) is 0 Å². The summed E-state index contributed by atoms with van der Waals surface area (Å²) >= 11 is 1.34. The van der Waals surface area contributed by atoms with E-state index in [1.165, 1.54) is 11.3 Å². The van der Waals surface area contributed by atoms with Crippen molar-refractivity contribution >= 4 is 39.9 Å². The number of nitrogens with zero attached hydrogens (tertiary/aromatic N) is 6. The summed E-state index contributed by atoms with van der Waals surface area (Å²) in [5.74, 6) is -1.08. The van der Waals surface area contributed by atoms with Gasteiger partial charge in [-0.2, -0.15) is 18.3 Å². The molecule has 9 nitrogen and oxygen atoms in total. The number of hydrogen-bond donors (Lipinski definition) is 2. The number of nitrogen functional groups attached to an aromatic ring is 1. The average molecular weight is 549 g/mol. The van der Waals surface area contributed by atoms with Crippen LogP contribution in [0.5, 0.6) is 0 Å². The molecular weight excluding hydrogens is 524 g/mol. The van der Waals surface area contributed by atoms with E-state index in [1.807, 2.05) is 5.38 Å². The smallest absolute Gasteiger partial charge is 0.383 e. The molecule has 1 aliphatic rings. The lowest BCUT2D eigenvalue weighted by atomic mass is 9.85. The van der Waals surface area contributed by atoms with Gasteiger partial charge in [0.1, 0.15) is 33.6 Å². The second kappa shape index (κ2) is 8.68. The van der Waals surface area contributed by atoms with Crippen LogP contribution in [0.15, 0.2) is 17.6 Å². The minimum atomic E-state index is -4.43. The first kappa shape index (κ1) is 25.9. The number of fused-ring (bicyclic) bond motifs is 2. The van der Waals surface area contributed by atoms with Crippen molar-refractivity contribution in [2.45, 2.75) is 58.7 Å². The van der Waals surface area contributed by atoms with Crippen molar-refractivity contribution in [3.8, 4) is 11.5 Å². The van der Waals surface area contributed by atoms with Gasteiger partial charge in [-0.05, 0) is 24.8 Å². The lowest BCUT2D eigenvalue weighted by molar-refractivity contribution is -0.137. The van der Waals surface area contributed by atoms with E-state index >= 15 is 0 Å². The van der Waals surface area contributed by atoms with E-state index in [-0.39, 0.29) is 39.6 Å². The predicted octanol–water partition coefficient (Wildman–Crippen LogP) is 4.87. The summed E-state index contributed by atoms with van der Waals surface area (Å²) in [5, 5.41) is 9.49. The van der Waals surface area contributed by atoms with Crippen LogP contribution in [-0.2, 0) is 23.2 Å². The van der Waals surface area contributed by atoms with E-state index in [1.54, 1.807) is 6.92 Å². The summed E-state index contributed by atoms with van der Waals surface area (Å²) in [7, 11) is 0. The molecule has 5 heterocycles. The molecule has 3 N–H and O–H groups in total. The Balaban J connectivity index is 1.59. The number of aryl methyl sites for hydroxylation is 1. The van der Waals surface area contributed by atoms with Crippen LogP contribution in [0.1, 0.15) is 50.4 Å². The summed E-state index contributed by atoms with van der Waals surface area (Å²) < 4.78 is 53.7. The average Bonchev–Trinajstić information content (AvgIpc) is 3.46. The Bertz CT molecular complexity index is 1570. The van der Waals surface area contributed by atoms with Crippen molar-refractivity contribution in [1.29, 1.82) is 0 Å². The SMILES string of the molecule is CC(C)(C)Cc1csc([C@@]2(C)C(=O)Nc3nc(-c4nn(CCC(F)(F)F)c5ncc(F)cc45)nc(N)c32)n1. The maximum Gasteiger partial charge on any atom is 0.390 e. The highest BCUT2D eigenvalue weighted by molar-refractivity contribution is 7.10. The monoisotopic (exact) mass is 548 g/mol. The lowest BCUT2D eigenvalue weighted by Gasteiger charge is -2.20. The normalized spacial score (nSPS) is 17.7. The number of carbonyl (C=O) groups excluding carboxylic acids is 1. The molecule has 0 saturated carbocycles. The summed E-state index contributed by atoms with van der Waals surface area (Å²) in [4.78, 5) is 30.6. The van der Waals surface area contributed by atoms with E-state index in [2.05, 4.69) is 46.1 Å². The third-order valence-corrected chi connectivity index (χ3v) is 7.30. The molecule has 1 amide bonds. The molecule has 0 bridgehead atoms. The summed E-state index contributed by atoms with van der Waals surface area (Å²) in [6.45, 7) is 7.43. The number of anilines is 2. The number of carbonyl (C=O) groups is 1. The second-order valence-corrected chi connectivity index (χ2v) is 11.4. The number of aromatic nitrogens is 6. The Morgan fingerprint density at radius 2 is 1.92 bits per heavy atom. The lowest BCUT2D eigenvalue weighted by Crippen LogP contribution is -2.33. The Hall–Kier alpha value is -3.68. The zero-order chi connectivity index (χ0) is 27.6. The standard InChI is InChI=1S/C24H24F4N8OS/c1-22(2,3)8-12-10-38-21(31-12)23(4)14-16(29)32-18(33-17(14)34-20(23)37)15-13-7-11(25)9-30-19(13)36(35-15)6-5-24(26,27)28/h7,9-10H,5-6,8H2,1-4H3,(H3,29,32,33,34,37)/t23-/m1/s1. The Kier molecular flexibility index (Phi) is 5.93. The first-order valence-electron chi connectivity index (χ1n) is 11.7. The molecule has 0 saturated heterocycles. The molecular formula is C24H24F4N8OS. The van der Waals surface area contributed by atoms with Crippen LogP contribution < -0.4 is 11.1 Å². The Morgan fingerprint density at radius 3 is 2.61 bits per heavy atom. The highest BCUT2D eigenvalue weighted by Crippen LogP contribution is 2.46. The summed E-state index contributed by atoms with van der Waals surface area (Å²) in [5.41, 5.74) is 6.32. The van der Waals surface area contributed by atoms with Crippen LogP contribution in [0.4, 0.5) is 29.2 Å². The maximum absolute atomic E-state index is 14.1. The van der Waals surface area contributed by atoms with E-state index in [0.29, 0.717) is 17.0 Å². The van der Waals surface area contributed by atoms with Gasteiger partial charge in [-0.1, -0.05) is 20.8 Å². The molecule has 14 heteroatoms. The molecule has 1 atom stereocenters. The Morgan fingerprint density at radius 1 is 1.18 bits per heavy atom. The topological polar surface area (TPSA) is 124 Å². The van der Waals surface area contributed by atoms with Crippen molar-refractivity contribution in [2.75, 3.05) is 11.1 Å². The Labute approximate surface area is 218 Å². The first-order valence-corrected chi connectivity index (χ1v) is 12.6. The molecule has 0 unspecified atom stereocenters. The fraction of sp³-hybridized carbons (Fsp3) is 0.417. The fourth-order valence-electron chi connectivity index (χ4n) is 4.47. The van der Waals surface area contributed by atoms with Crippen LogP contribution in [0.25, 0.3) is 22.6 Å². The molecule has 0 aliphatic carbocycles. The second-order valence-electron chi connectivity index (χ2n) is 10.6. The van der Waals surface area contributed by atoms with Crippen molar-refractivity contribution in [1.82, 2.24) is 29.7 Å². The van der Waals surface area contributed by atoms with Crippen molar-refractivity contribution in [2.24, 2.45) is 5.41 Å². The number of halogens is 4. The molecule has 0 radical (unpaired) electrons. The van der Waals surface area contributed by atoms with Gasteiger partial charge in [0.25, 0.3) is 0 Å². The van der Waals surface area contributed by atoms with Crippen LogP contribution in [-0.4, -0.2) is 41.8 Å². The molecule has 4 aromatic heterocycles. The van der Waals surface area contributed by atoms with Crippen LogP contribution in [0, 0.1) is 11.2 Å². The van der Waals surface area contributed by atoms with Gasteiger partial charge in [-0.3, -0.25) is 4.79 Å². The molecule has 4 aromatic rings. The van der Waals surface area contributed by atoms with Crippen molar-refractivity contribution in [3.63, 3.8) is 0 Å².